The van der Waals surface area contributed by atoms with Gasteiger partial charge in [-0.15, -0.1) is 0 Å². The summed E-state index contributed by atoms with van der Waals surface area (Å²) in [5.74, 6) is -2.63. The first-order valence-corrected chi connectivity index (χ1v) is 13.8. The second kappa shape index (κ2) is 16.2. The Bertz CT molecular complexity index is 779. The van der Waals surface area contributed by atoms with E-state index in [2.05, 4.69) is 16.0 Å². The molecular formula is C26H45N5O6. The molecule has 210 valence electrons. The van der Waals surface area contributed by atoms with Crippen molar-refractivity contribution < 1.29 is 29.1 Å². The summed E-state index contributed by atoms with van der Waals surface area (Å²) in [6, 6.07) is -2.32. The minimum atomic E-state index is -1.38. The minimum Gasteiger partial charge on any atom is -0.481 e. The average Bonchev–Trinajstić information content (AvgIpc) is 2.87. The molecule has 11 nitrogen and oxygen atoms in total. The van der Waals surface area contributed by atoms with Gasteiger partial charge in [-0.3, -0.25) is 24.0 Å². The fraction of sp³-hybridized carbons (Fsp3) is 0.808. The third kappa shape index (κ3) is 11.5. The molecule has 1 heterocycles. The number of carbonyl (C=O) groups excluding carboxylic acids is 4. The van der Waals surface area contributed by atoms with Gasteiger partial charge >= 0.3 is 5.97 Å². The number of likely N-dealkylation sites (N-methyl/N-ethyl adjacent to an activating group) is 1. The molecule has 2 rings (SSSR count). The molecule has 0 spiro atoms. The molecule has 1 aliphatic heterocycles. The van der Waals surface area contributed by atoms with Crippen LogP contribution >= 0.6 is 0 Å². The van der Waals surface area contributed by atoms with Crippen LogP contribution in [0.25, 0.3) is 0 Å². The lowest BCUT2D eigenvalue weighted by molar-refractivity contribution is -0.142. The Kier molecular flexibility index (Phi) is 13.4. The number of amides is 4. The van der Waals surface area contributed by atoms with Crippen molar-refractivity contribution in [1.82, 2.24) is 20.9 Å². The van der Waals surface area contributed by atoms with Crippen LogP contribution in [0.4, 0.5) is 0 Å². The number of hydrogen-bond donors (Lipinski definition) is 5. The van der Waals surface area contributed by atoms with Crippen LogP contribution in [0, 0.1) is 11.8 Å². The Hall–Kier alpha value is -2.69. The predicted molar refractivity (Wildman–Crippen MR) is 138 cm³/mol. The van der Waals surface area contributed by atoms with E-state index in [0.717, 1.165) is 70.9 Å². The lowest BCUT2D eigenvalue weighted by Gasteiger charge is -2.27. The summed E-state index contributed by atoms with van der Waals surface area (Å²) in [5.41, 5.74) is 5.50. The SMILES string of the molecule is CCN(CC(=O)N[C@@H](CC(=O)O)C(=O)N[C@@H](CC1CCCCC1)C(N)=O)C(=O)CCCC1CCNCC1. The van der Waals surface area contributed by atoms with Gasteiger partial charge in [0, 0.05) is 13.0 Å². The van der Waals surface area contributed by atoms with Crippen molar-refractivity contribution in [2.45, 2.75) is 96.1 Å². The molecule has 0 aromatic carbocycles. The van der Waals surface area contributed by atoms with Gasteiger partial charge in [0.15, 0.2) is 0 Å². The highest BCUT2D eigenvalue weighted by molar-refractivity contribution is 5.94. The molecule has 6 N–H and O–H groups in total. The number of nitrogens with one attached hydrogen (secondary N) is 3. The van der Waals surface area contributed by atoms with Gasteiger partial charge in [0.25, 0.3) is 0 Å². The Morgan fingerprint density at radius 1 is 0.973 bits per heavy atom. The van der Waals surface area contributed by atoms with Crippen LogP contribution in [-0.2, 0) is 24.0 Å². The van der Waals surface area contributed by atoms with Gasteiger partial charge in [-0.1, -0.05) is 32.1 Å². The van der Waals surface area contributed by atoms with E-state index in [0.29, 0.717) is 25.3 Å². The monoisotopic (exact) mass is 523 g/mol. The normalized spacial score (nSPS) is 18.4. The third-order valence-electron chi connectivity index (χ3n) is 7.51. The van der Waals surface area contributed by atoms with Gasteiger partial charge in [0.2, 0.25) is 23.6 Å². The first-order chi connectivity index (χ1) is 17.7. The quantitative estimate of drug-likeness (QED) is 0.212. The fourth-order valence-corrected chi connectivity index (χ4v) is 5.32. The zero-order valence-electron chi connectivity index (χ0n) is 22.1. The highest BCUT2D eigenvalue weighted by atomic mass is 16.4. The van der Waals surface area contributed by atoms with E-state index in [1.807, 2.05) is 0 Å². The largest absolute Gasteiger partial charge is 0.481 e. The zero-order valence-corrected chi connectivity index (χ0v) is 22.1. The van der Waals surface area contributed by atoms with Crippen molar-refractivity contribution in [3.63, 3.8) is 0 Å². The molecule has 1 saturated heterocycles. The van der Waals surface area contributed by atoms with Gasteiger partial charge in [0.05, 0.1) is 13.0 Å². The highest BCUT2D eigenvalue weighted by Gasteiger charge is 2.30. The molecule has 4 amide bonds. The maximum atomic E-state index is 12.9. The van der Waals surface area contributed by atoms with Crippen molar-refractivity contribution in [3.8, 4) is 0 Å². The molecular weight excluding hydrogens is 478 g/mol. The summed E-state index contributed by atoms with van der Waals surface area (Å²) in [5, 5.41) is 17.6. The van der Waals surface area contributed by atoms with Crippen LogP contribution in [0.1, 0.15) is 84.0 Å². The van der Waals surface area contributed by atoms with Crippen LogP contribution < -0.4 is 21.7 Å². The maximum absolute atomic E-state index is 12.9. The van der Waals surface area contributed by atoms with E-state index in [1.54, 1.807) is 6.92 Å². The van der Waals surface area contributed by atoms with Crippen LogP contribution in [0.3, 0.4) is 0 Å². The minimum absolute atomic E-state index is 0.146. The van der Waals surface area contributed by atoms with Gasteiger partial charge in [0.1, 0.15) is 12.1 Å². The van der Waals surface area contributed by atoms with Crippen molar-refractivity contribution >= 4 is 29.6 Å². The molecule has 1 aliphatic carbocycles. The van der Waals surface area contributed by atoms with Gasteiger partial charge in [-0.05, 0) is 64.0 Å². The summed E-state index contributed by atoms with van der Waals surface area (Å²) in [7, 11) is 0. The number of carbonyl (C=O) groups is 5. The lowest BCUT2D eigenvalue weighted by Crippen LogP contribution is -2.55. The van der Waals surface area contributed by atoms with E-state index in [9.17, 15) is 29.1 Å². The summed E-state index contributed by atoms with van der Waals surface area (Å²) in [4.78, 5) is 63.0. The number of carboxylic acids is 1. The molecule has 2 fully saturated rings. The van der Waals surface area contributed by atoms with Crippen LogP contribution in [0.5, 0.6) is 0 Å². The van der Waals surface area contributed by atoms with Crippen molar-refractivity contribution in [3.05, 3.63) is 0 Å². The highest BCUT2D eigenvalue weighted by Crippen LogP contribution is 2.27. The second-order valence-electron chi connectivity index (χ2n) is 10.4. The Balaban J connectivity index is 1.88. The molecule has 0 aromatic heterocycles. The van der Waals surface area contributed by atoms with E-state index in [4.69, 9.17) is 5.73 Å². The zero-order chi connectivity index (χ0) is 27.2. The van der Waals surface area contributed by atoms with Crippen molar-refractivity contribution in [1.29, 1.82) is 0 Å². The number of hydrogen-bond acceptors (Lipinski definition) is 6. The maximum Gasteiger partial charge on any atom is 0.305 e. The van der Waals surface area contributed by atoms with E-state index in [1.165, 1.54) is 4.90 Å². The van der Waals surface area contributed by atoms with Crippen molar-refractivity contribution in [2.24, 2.45) is 17.6 Å². The standard InChI is InChI=1S/C26H45N5O6/c1-2-31(23(33)10-6-9-18-11-13-28-14-12-18)17-22(32)29-21(16-24(34)35)26(37)30-20(25(27)36)15-19-7-4-3-5-8-19/h18-21,28H,2-17H2,1H3,(H2,27,36)(H,29,32)(H,30,37)(H,34,35)/t20-,21-/m0/s1. The number of piperidine rings is 1. The van der Waals surface area contributed by atoms with Crippen molar-refractivity contribution in [2.75, 3.05) is 26.2 Å². The summed E-state index contributed by atoms with van der Waals surface area (Å²) < 4.78 is 0. The molecule has 2 atom stereocenters. The second-order valence-corrected chi connectivity index (χ2v) is 10.4. The smallest absolute Gasteiger partial charge is 0.305 e. The molecule has 1 saturated carbocycles. The Labute approximate surface area is 219 Å². The molecule has 2 aliphatic rings. The topological polar surface area (TPSA) is 171 Å². The number of aliphatic carboxylic acids is 1. The summed E-state index contributed by atoms with van der Waals surface area (Å²) >= 11 is 0. The third-order valence-corrected chi connectivity index (χ3v) is 7.51. The molecule has 0 aromatic rings. The number of nitrogens with two attached hydrogens (primary N) is 1. The molecule has 0 unspecified atom stereocenters. The number of nitrogens with zero attached hydrogens (tertiary/aromatic N) is 1. The molecule has 37 heavy (non-hydrogen) atoms. The predicted octanol–water partition coefficient (Wildman–Crippen LogP) is 0.905. The van der Waals surface area contributed by atoms with Gasteiger partial charge in [-0.2, -0.15) is 0 Å². The molecule has 11 heteroatoms. The van der Waals surface area contributed by atoms with Crippen LogP contribution in [-0.4, -0.2) is 77.9 Å². The summed E-state index contributed by atoms with van der Waals surface area (Å²) in [6.07, 6.45) is 9.20. The van der Waals surface area contributed by atoms with Crippen LogP contribution in [0.15, 0.2) is 0 Å². The first kappa shape index (κ1) is 30.5. The van der Waals surface area contributed by atoms with Gasteiger partial charge in [-0.25, -0.2) is 0 Å². The summed E-state index contributed by atoms with van der Waals surface area (Å²) in [6.45, 7) is 3.83. The molecule has 0 radical (unpaired) electrons. The van der Waals surface area contributed by atoms with E-state index < -0.39 is 42.2 Å². The van der Waals surface area contributed by atoms with E-state index >= 15 is 0 Å². The number of carboxylic acid groups (broad SMARTS) is 1. The number of rotatable bonds is 15. The first-order valence-electron chi connectivity index (χ1n) is 13.8. The number of primary amides is 1. The molecule has 0 bridgehead atoms. The average molecular weight is 524 g/mol. The Morgan fingerprint density at radius 3 is 2.24 bits per heavy atom. The van der Waals surface area contributed by atoms with Crippen LogP contribution in [0.2, 0.25) is 0 Å². The fourth-order valence-electron chi connectivity index (χ4n) is 5.32. The van der Waals surface area contributed by atoms with Gasteiger partial charge < -0.3 is 31.7 Å². The lowest BCUT2D eigenvalue weighted by atomic mass is 9.84. The van der Waals surface area contributed by atoms with E-state index in [-0.39, 0.29) is 18.4 Å². The Morgan fingerprint density at radius 2 is 1.65 bits per heavy atom.